The van der Waals surface area contributed by atoms with E-state index in [0.717, 1.165) is 27.1 Å². The van der Waals surface area contributed by atoms with E-state index in [0.29, 0.717) is 13.0 Å². The Morgan fingerprint density at radius 2 is 1.47 bits per heavy atom. The summed E-state index contributed by atoms with van der Waals surface area (Å²) in [6, 6.07) is 29.0. The highest BCUT2D eigenvalue weighted by molar-refractivity contribution is 7.92. The summed E-state index contributed by atoms with van der Waals surface area (Å²) in [6.45, 7) is 3.62. The first-order chi connectivity index (χ1) is 20.7. The Labute approximate surface area is 253 Å². The smallest absolute Gasteiger partial charge is 0.264 e. The van der Waals surface area contributed by atoms with Crippen LogP contribution >= 0.6 is 0 Å². The molecule has 7 nitrogen and oxygen atoms in total. The summed E-state index contributed by atoms with van der Waals surface area (Å²) in [4.78, 5) is 29.3. The topological polar surface area (TPSA) is 86.8 Å². The van der Waals surface area contributed by atoms with E-state index in [1.54, 1.807) is 18.2 Å². The van der Waals surface area contributed by atoms with Crippen LogP contribution in [0.4, 0.5) is 10.1 Å². The number of nitrogens with zero attached hydrogens (tertiary/aromatic N) is 2. The van der Waals surface area contributed by atoms with Crippen LogP contribution in [0.15, 0.2) is 114 Å². The second-order valence-electron chi connectivity index (χ2n) is 10.3. The van der Waals surface area contributed by atoms with Crippen LogP contribution in [0.2, 0.25) is 0 Å². The van der Waals surface area contributed by atoms with Gasteiger partial charge in [0.05, 0.1) is 10.6 Å². The first kappa shape index (κ1) is 31.4. The molecule has 9 heteroatoms. The molecule has 0 aliphatic carbocycles. The molecule has 4 aromatic carbocycles. The van der Waals surface area contributed by atoms with E-state index >= 15 is 4.39 Å². The van der Waals surface area contributed by atoms with E-state index in [4.69, 9.17) is 0 Å². The summed E-state index contributed by atoms with van der Waals surface area (Å²) in [6.07, 6.45) is 0.908. The SMILES string of the molecule is CCCNC(=O)[C@@H](Cc1ccccc1)N(Cc1cccc(C)c1)C(=O)CN(c1ccccc1F)S(=O)(=O)c1ccccc1. The highest BCUT2D eigenvalue weighted by Gasteiger charge is 2.35. The number of benzene rings is 4. The summed E-state index contributed by atoms with van der Waals surface area (Å²) in [7, 11) is -4.36. The predicted octanol–water partition coefficient (Wildman–Crippen LogP) is 5.50. The van der Waals surface area contributed by atoms with Crippen LogP contribution in [-0.2, 0) is 32.6 Å². The lowest BCUT2D eigenvalue weighted by atomic mass is 10.0. The van der Waals surface area contributed by atoms with Gasteiger partial charge in [-0.15, -0.1) is 0 Å². The van der Waals surface area contributed by atoms with Crippen LogP contribution in [0.3, 0.4) is 0 Å². The Morgan fingerprint density at radius 3 is 2.12 bits per heavy atom. The molecule has 2 amide bonds. The Morgan fingerprint density at radius 1 is 0.837 bits per heavy atom. The number of rotatable bonds is 13. The maximum absolute atomic E-state index is 15.1. The molecule has 0 aliphatic heterocycles. The number of carbonyl (C=O) groups is 2. The summed E-state index contributed by atoms with van der Waals surface area (Å²) >= 11 is 0. The largest absolute Gasteiger partial charge is 0.354 e. The van der Waals surface area contributed by atoms with Crippen molar-refractivity contribution in [1.82, 2.24) is 10.2 Å². The highest BCUT2D eigenvalue weighted by atomic mass is 32.2. The van der Waals surface area contributed by atoms with Crippen molar-refractivity contribution in [3.63, 3.8) is 0 Å². The maximum Gasteiger partial charge on any atom is 0.264 e. The van der Waals surface area contributed by atoms with Crippen LogP contribution in [0.1, 0.15) is 30.0 Å². The Hall–Kier alpha value is -4.50. The Bertz CT molecular complexity index is 1630. The van der Waals surface area contributed by atoms with Gasteiger partial charge in [-0.1, -0.05) is 97.4 Å². The average Bonchev–Trinajstić information content (AvgIpc) is 3.01. The van der Waals surface area contributed by atoms with Crippen molar-refractivity contribution >= 4 is 27.5 Å². The van der Waals surface area contributed by atoms with Gasteiger partial charge in [-0.2, -0.15) is 0 Å². The van der Waals surface area contributed by atoms with E-state index in [9.17, 15) is 18.0 Å². The van der Waals surface area contributed by atoms with Crippen LogP contribution < -0.4 is 9.62 Å². The molecule has 1 atom stereocenters. The van der Waals surface area contributed by atoms with Gasteiger partial charge in [-0.05, 0) is 48.7 Å². The van der Waals surface area contributed by atoms with Crippen molar-refractivity contribution in [2.24, 2.45) is 0 Å². The molecular formula is C34H36FN3O4S. The van der Waals surface area contributed by atoms with Crippen molar-refractivity contribution in [3.8, 4) is 0 Å². The van der Waals surface area contributed by atoms with Crippen LogP contribution in [-0.4, -0.2) is 44.3 Å². The zero-order chi connectivity index (χ0) is 30.8. The summed E-state index contributed by atoms with van der Waals surface area (Å²) < 4.78 is 43.7. The van der Waals surface area contributed by atoms with Crippen LogP contribution in [0.25, 0.3) is 0 Å². The first-order valence-corrected chi connectivity index (χ1v) is 15.6. The van der Waals surface area contributed by atoms with Gasteiger partial charge < -0.3 is 10.2 Å². The van der Waals surface area contributed by atoms with Crippen molar-refractivity contribution < 1.29 is 22.4 Å². The van der Waals surface area contributed by atoms with Gasteiger partial charge in [0.25, 0.3) is 10.0 Å². The maximum atomic E-state index is 15.1. The van der Waals surface area contributed by atoms with E-state index in [2.05, 4.69) is 5.32 Å². The number of carbonyl (C=O) groups excluding carboxylic acids is 2. The molecule has 1 N–H and O–H groups in total. The second kappa shape index (κ2) is 14.6. The van der Waals surface area contributed by atoms with Crippen LogP contribution in [0.5, 0.6) is 0 Å². The van der Waals surface area contributed by atoms with Gasteiger partial charge in [-0.3, -0.25) is 13.9 Å². The lowest BCUT2D eigenvalue weighted by molar-refractivity contribution is -0.140. The predicted molar refractivity (Wildman–Crippen MR) is 166 cm³/mol. The minimum Gasteiger partial charge on any atom is -0.354 e. The van der Waals surface area contributed by atoms with Gasteiger partial charge in [0, 0.05) is 19.5 Å². The van der Waals surface area contributed by atoms with Crippen molar-refractivity contribution in [2.75, 3.05) is 17.4 Å². The first-order valence-electron chi connectivity index (χ1n) is 14.2. The molecule has 0 fully saturated rings. The normalized spacial score (nSPS) is 11.9. The van der Waals surface area contributed by atoms with Gasteiger partial charge in [-0.25, -0.2) is 12.8 Å². The average molecular weight is 602 g/mol. The molecule has 0 bridgehead atoms. The number of para-hydroxylation sites is 1. The summed E-state index contributed by atoms with van der Waals surface area (Å²) in [5.41, 5.74) is 2.33. The quantitative estimate of drug-likeness (QED) is 0.219. The molecule has 0 saturated heterocycles. The lowest BCUT2D eigenvalue weighted by Crippen LogP contribution is -2.53. The molecule has 0 heterocycles. The summed E-state index contributed by atoms with van der Waals surface area (Å²) in [5, 5.41) is 2.91. The van der Waals surface area contributed by atoms with Gasteiger partial charge in [0.15, 0.2) is 0 Å². The van der Waals surface area contributed by atoms with Crippen LogP contribution in [0, 0.1) is 12.7 Å². The number of anilines is 1. The number of hydrogen-bond acceptors (Lipinski definition) is 4. The fourth-order valence-corrected chi connectivity index (χ4v) is 6.26. The number of aryl methyl sites for hydroxylation is 1. The number of sulfonamides is 1. The molecule has 0 saturated carbocycles. The highest BCUT2D eigenvalue weighted by Crippen LogP contribution is 2.27. The van der Waals surface area contributed by atoms with Gasteiger partial charge in [0.1, 0.15) is 18.4 Å². The lowest BCUT2D eigenvalue weighted by Gasteiger charge is -2.34. The zero-order valence-electron chi connectivity index (χ0n) is 24.3. The number of amides is 2. The third-order valence-electron chi connectivity index (χ3n) is 6.99. The minimum atomic E-state index is -4.36. The molecule has 224 valence electrons. The van der Waals surface area contributed by atoms with Crippen molar-refractivity contribution in [3.05, 3.63) is 132 Å². The Kier molecular flexibility index (Phi) is 10.7. The molecular weight excluding hydrogens is 565 g/mol. The van der Waals surface area contributed by atoms with Crippen molar-refractivity contribution in [2.45, 2.75) is 44.2 Å². The van der Waals surface area contributed by atoms with E-state index < -0.39 is 34.3 Å². The molecule has 0 radical (unpaired) electrons. The van der Waals surface area contributed by atoms with E-state index in [-0.39, 0.29) is 29.5 Å². The third-order valence-corrected chi connectivity index (χ3v) is 8.76. The molecule has 0 aromatic heterocycles. The zero-order valence-corrected chi connectivity index (χ0v) is 25.1. The molecule has 43 heavy (non-hydrogen) atoms. The Balaban J connectivity index is 1.80. The fraction of sp³-hybridized carbons (Fsp3) is 0.235. The molecule has 4 rings (SSSR count). The van der Waals surface area contributed by atoms with E-state index in [1.165, 1.54) is 35.2 Å². The molecule has 0 unspecified atom stereocenters. The fourth-order valence-electron chi connectivity index (χ4n) is 4.81. The summed E-state index contributed by atoms with van der Waals surface area (Å²) in [5.74, 6) is -1.78. The van der Waals surface area contributed by atoms with Gasteiger partial charge >= 0.3 is 0 Å². The van der Waals surface area contributed by atoms with Crippen molar-refractivity contribution in [1.29, 1.82) is 0 Å². The third kappa shape index (κ3) is 8.08. The molecule has 0 aliphatic rings. The number of hydrogen-bond donors (Lipinski definition) is 1. The number of nitrogens with one attached hydrogen (secondary N) is 1. The second-order valence-corrected chi connectivity index (χ2v) is 12.1. The van der Waals surface area contributed by atoms with E-state index in [1.807, 2.05) is 68.4 Å². The number of halogens is 1. The monoisotopic (exact) mass is 601 g/mol. The minimum absolute atomic E-state index is 0.0497. The molecule has 4 aromatic rings. The standard InChI is InChI=1S/C34H36FN3O4S/c1-3-21-36-34(40)32(23-27-14-6-4-7-15-27)37(24-28-16-12-13-26(2)22-28)33(39)25-38(31-20-11-10-19-30(31)35)43(41,42)29-17-8-5-9-18-29/h4-20,22,32H,3,21,23-25H2,1-2H3,(H,36,40)/t32-/m1/s1. The molecule has 0 spiro atoms. The van der Waals surface area contributed by atoms with Gasteiger partial charge in [0.2, 0.25) is 11.8 Å².